The molecule has 10 nitrogen and oxygen atoms in total. The number of ether oxygens (including phenoxy) is 1. The number of carbonyl (C=O) groups excluding carboxylic acids is 1. The van der Waals surface area contributed by atoms with Crippen molar-refractivity contribution in [2.24, 2.45) is 0 Å². The molecule has 3 N–H and O–H groups in total. The van der Waals surface area contributed by atoms with Crippen LogP contribution in [0.15, 0.2) is 61.2 Å². The summed E-state index contributed by atoms with van der Waals surface area (Å²) < 4.78 is 49.1. The molecular formula is C30H31F3N8O2. The molecule has 6 rings (SSSR count). The molecule has 224 valence electrons. The fraction of sp³-hybridized carbons (Fsp3) is 0.333. The molecule has 43 heavy (non-hydrogen) atoms. The number of hydrogen-bond donors (Lipinski definition) is 3. The minimum atomic E-state index is -4.60. The SMILES string of the molecule is Cc1c(NC(=O)c2ccc(CN3CCOCC3)c(C(F)(F)F)c2)cccc1Nc1nccn1-c1cc(NC2CC2)ncn1. The zero-order valence-electron chi connectivity index (χ0n) is 23.5. The smallest absolute Gasteiger partial charge is 0.379 e. The lowest BCUT2D eigenvalue weighted by Gasteiger charge is -2.27. The third-order valence-electron chi connectivity index (χ3n) is 7.47. The zero-order valence-corrected chi connectivity index (χ0v) is 23.5. The maximum atomic E-state index is 14.0. The summed E-state index contributed by atoms with van der Waals surface area (Å²) in [5.74, 6) is 1.21. The van der Waals surface area contributed by atoms with Crippen LogP contribution in [-0.4, -0.2) is 62.7 Å². The van der Waals surface area contributed by atoms with E-state index in [2.05, 4.69) is 30.9 Å². The summed E-state index contributed by atoms with van der Waals surface area (Å²) in [6.07, 6.45) is 2.54. The summed E-state index contributed by atoms with van der Waals surface area (Å²) in [6.45, 7) is 4.02. The van der Waals surface area contributed by atoms with Gasteiger partial charge in [-0.3, -0.25) is 14.3 Å². The Morgan fingerprint density at radius 2 is 1.84 bits per heavy atom. The van der Waals surface area contributed by atoms with Crippen molar-refractivity contribution in [3.05, 3.63) is 83.4 Å². The van der Waals surface area contributed by atoms with Gasteiger partial charge in [0.1, 0.15) is 18.0 Å². The second-order valence-electron chi connectivity index (χ2n) is 10.6. The number of nitrogens with zero attached hydrogens (tertiary/aromatic N) is 5. The highest BCUT2D eigenvalue weighted by molar-refractivity contribution is 6.05. The molecule has 1 amide bonds. The van der Waals surface area contributed by atoms with Gasteiger partial charge in [-0.05, 0) is 55.2 Å². The molecule has 2 aromatic carbocycles. The van der Waals surface area contributed by atoms with E-state index in [1.807, 2.05) is 17.0 Å². The van der Waals surface area contributed by atoms with E-state index in [0.717, 1.165) is 24.7 Å². The average Bonchev–Trinajstić information content (AvgIpc) is 3.69. The van der Waals surface area contributed by atoms with E-state index < -0.39 is 17.6 Å². The number of anilines is 4. The Morgan fingerprint density at radius 3 is 2.60 bits per heavy atom. The first-order chi connectivity index (χ1) is 20.7. The van der Waals surface area contributed by atoms with E-state index in [-0.39, 0.29) is 17.7 Å². The number of nitrogens with one attached hydrogen (secondary N) is 3. The van der Waals surface area contributed by atoms with Gasteiger partial charge in [0.05, 0.1) is 18.8 Å². The maximum Gasteiger partial charge on any atom is 0.416 e. The number of benzene rings is 2. The third kappa shape index (κ3) is 6.78. The Hall–Kier alpha value is -4.49. The molecule has 2 fully saturated rings. The van der Waals surface area contributed by atoms with Gasteiger partial charge in [0, 0.05) is 61.1 Å². The molecule has 0 spiro atoms. The molecule has 0 unspecified atom stereocenters. The van der Waals surface area contributed by atoms with Crippen LogP contribution in [0.2, 0.25) is 0 Å². The topological polar surface area (TPSA) is 109 Å². The van der Waals surface area contributed by atoms with Crippen LogP contribution in [0.25, 0.3) is 5.82 Å². The van der Waals surface area contributed by atoms with Crippen LogP contribution in [0.4, 0.5) is 36.3 Å². The number of alkyl halides is 3. The quantitative estimate of drug-likeness (QED) is 0.237. The van der Waals surface area contributed by atoms with Crippen LogP contribution < -0.4 is 16.0 Å². The Bertz CT molecular complexity index is 1610. The molecule has 3 heterocycles. The highest BCUT2D eigenvalue weighted by Gasteiger charge is 2.34. The van der Waals surface area contributed by atoms with E-state index in [1.165, 1.54) is 18.5 Å². The summed E-state index contributed by atoms with van der Waals surface area (Å²) in [7, 11) is 0. The van der Waals surface area contributed by atoms with Crippen molar-refractivity contribution < 1.29 is 22.7 Å². The van der Waals surface area contributed by atoms with Crippen molar-refractivity contribution in [1.82, 2.24) is 24.4 Å². The minimum absolute atomic E-state index is 0.0780. The lowest BCUT2D eigenvalue weighted by molar-refractivity contribution is -0.138. The summed E-state index contributed by atoms with van der Waals surface area (Å²) in [4.78, 5) is 28.2. The Kier molecular flexibility index (Phi) is 8.00. The first kappa shape index (κ1) is 28.6. The molecule has 4 aromatic rings. The number of halogens is 3. The standard InChI is InChI=1S/C30H31F3N8O2/c1-19-24(38-28(42)20-5-6-21(23(15-20)30(31,32)33)17-40-11-13-43-14-12-40)3-2-4-25(19)39-29-34-9-10-41(29)27-16-26(35-18-36-27)37-22-7-8-22/h2-6,9-10,15-16,18,22H,7-8,11-14,17H2,1H3,(H,34,39)(H,38,42)(H,35,36,37). The van der Waals surface area contributed by atoms with Gasteiger partial charge in [-0.15, -0.1) is 0 Å². The average molecular weight is 593 g/mol. The minimum Gasteiger partial charge on any atom is -0.379 e. The predicted molar refractivity (Wildman–Crippen MR) is 156 cm³/mol. The highest BCUT2D eigenvalue weighted by Crippen LogP contribution is 2.34. The fourth-order valence-corrected chi connectivity index (χ4v) is 4.92. The van der Waals surface area contributed by atoms with Crippen LogP contribution in [-0.2, 0) is 17.5 Å². The van der Waals surface area contributed by atoms with Gasteiger partial charge >= 0.3 is 6.18 Å². The number of aromatic nitrogens is 4. The van der Waals surface area contributed by atoms with E-state index >= 15 is 0 Å². The number of hydrogen-bond acceptors (Lipinski definition) is 8. The number of rotatable bonds is 9. The van der Waals surface area contributed by atoms with Gasteiger partial charge in [-0.2, -0.15) is 13.2 Å². The van der Waals surface area contributed by atoms with Crippen LogP contribution in [0.5, 0.6) is 0 Å². The van der Waals surface area contributed by atoms with E-state index in [0.29, 0.717) is 61.0 Å². The Balaban J connectivity index is 1.19. The van der Waals surface area contributed by atoms with Gasteiger partial charge in [0.2, 0.25) is 5.95 Å². The van der Waals surface area contributed by atoms with Crippen LogP contribution in [0.1, 0.15) is 39.9 Å². The van der Waals surface area contributed by atoms with Gasteiger partial charge < -0.3 is 20.7 Å². The highest BCUT2D eigenvalue weighted by atomic mass is 19.4. The molecular weight excluding hydrogens is 561 g/mol. The maximum absolute atomic E-state index is 14.0. The predicted octanol–water partition coefficient (Wildman–Crippen LogP) is 5.39. The van der Waals surface area contributed by atoms with E-state index in [1.54, 1.807) is 36.0 Å². The molecule has 1 aliphatic carbocycles. The molecule has 1 saturated heterocycles. The zero-order chi connectivity index (χ0) is 30.0. The number of imidazole rings is 1. The fourth-order valence-electron chi connectivity index (χ4n) is 4.92. The number of carbonyl (C=O) groups is 1. The van der Waals surface area contributed by atoms with Crippen molar-refractivity contribution in [3.63, 3.8) is 0 Å². The molecule has 2 aliphatic rings. The number of amides is 1. The molecule has 1 saturated carbocycles. The lowest BCUT2D eigenvalue weighted by Crippen LogP contribution is -2.36. The lowest BCUT2D eigenvalue weighted by atomic mass is 10.0. The summed E-state index contributed by atoms with van der Waals surface area (Å²) in [6, 6.07) is 11.3. The Morgan fingerprint density at radius 1 is 1.05 bits per heavy atom. The largest absolute Gasteiger partial charge is 0.416 e. The van der Waals surface area contributed by atoms with Crippen molar-refractivity contribution in [2.45, 2.75) is 38.5 Å². The van der Waals surface area contributed by atoms with Crippen molar-refractivity contribution in [2.75, 3.05) is 42.3 Å². The number of morpholine rings is 1. The van der Waals surface area contributed by atoms with E-state index in [9.17, 15) is 18.0 Å². The molecule has 1 aliphatic heterocycles. The summed E-state index contributed by atoms with van der Waals surface area (Å²) >= 11 is 0. The molecule has 0 radical (unpaired) electrons. The van der Waals surface area contributed by atoms with Gasteiger partial charge in [0.15, 0.2) is 0 Å². The molecule has 0 bridgehead atoms. The third-order valence-corrected chi connectivity index (χ3v) is 7.47. The summed E-state index contributed by atoms with van der Waals surface area (Å²) in [5.41, 5.74) is 1.04. The van der Waals surface area contributed by atoms with Gasteiger partial charge in [-0.1, -0.05) is 12.1 Å². The van der Waals surface area contributed by atoms with Crippen molar-refractivity contribution >= 4 is 29.0 Å². The second-order valence-corrected chi connectivity index (χ2v) is 10.6. The molecule has 2 aromatic heterocycles. The Labute approximate surface area is 246 Å². The molecule has 13 heteroatoms. The second kappa shape index (κ2) is 12.0. The normalized spacial score (nSPS) is 15.7. The van der Waals surface area contributed by atoms with Crippen LogP contribution in [0, 0.1) is 6.92 Å². The van der Waals surface area contributed by atoms with Gasteiger partial charge in [0.25, 0.3) is 5.91 Å². The van der Waals surface area contributed by atoms with Crippen LogP contribution in [0.3, 0.4) is 0 Å². The monoisotopic (exact) mass is 592 g/mol. The van der Waals surface area contributed by atoms with Gasteiger partial charge in [-0.25, -0.2) is 15.0 Å². The van der Waals surface area contributed by atoms with E-state index in [4.69, 9.17) is 4.74 Å². The van der Waals surface area contributed by atoms with Crippen molar-refractivity contribution in [3.8, 4) is 5.82 Å². The van der Waals surface area contributed by atoms with Crippen molar-refractivity contribution in [1.29, 1.82) is 0 Å². The molecule has 0 atom stereocenters. The first-order valence-electron chi connectivity index (χ1n) is 14.0. The summed E-state index contributed by atoms with van der Waals surface area (Å²) in [5, 5.41) is 9.41. The first-order valence-corrected chi connectivity index (χ1v) is 14.0. The van der Waals surface area contributed by atoms with Crippen LogP contribution >= 0.6 is 0 Å².